The predicted octanol–water partition coefficient (Wildman–Crippen LogP) is 3.85. The number of hydrogen-bond acceptors (Lipinski definition) is 4. The number of fused-ring (bicyclic) bond motifs is 1. The fourth-order valence-corrected chi connectivity index (χ4v) is 2.52. The lowest BCUT2D eigenvalue weighted by molar-refractivity contribution is 0.0977. The van der Waals surface area contributed by atoms with Crippen molar-refractivity contribution in [3.05, 3.63) is 52.0 Å². The largest absolute Gasteiger partial charge is 0.454 e. The fourth-order valence-electron chi connectivity index (χ4n) is 1.97. The van der Waals surface area contributed by atoms with Crippen LogP contribution >= 0.6 is 35.4 Å². The van der Waals surface area contributed by atoms with E-state index in [2.05, 4.69) is 10.6 Å². The van der Waals surface area contributed by atoms with E-state index >= 15 is 0 Å². The van der Waals surface area contributed by atoms with E-state index in [1.54, 1.807) is 36.4 Å². The van der Waals surface area contributed by atoms with Crippen molar-refractivity contribution in [1.29, 1.82) is 0 Å². The highest BCUT2D eigenvalue weighted by Crippen LogP contribution is 2.32. The predicted molar refractivity (Wildman–Crippen MR) is 92.7 cm³/mol. The fraction of sp³-hybridized carbons (Fsp3) is 0.0667. The SMILES string of the molecule is O=C(NC(=S)Nc1cccc(Cl)c1Cl)c1ccc2c(c1)OCO2. The van der Waals surface area contributed by atoms with Crippen LogP contribution in [0.15, 0.2) is 36.4 Å². The topological polar surface area (TPSA) is 59.6 Å². The lowest BCUT2D eigenvalue weighted by atomic mass is 10.2. The number of ether oxygens (including phenoxy) is 2. The van der Waals surface area contributed by atoms with Crippen molar-refractivity contribution < 1.29 is 14.3 Å². The molecule has 2 aromatic rings. The van der Waals surface area contributed by atoms with Crippen molar-refractivity contribution in [3.8, 4) is 11.5 Å². The summed E-state index contributed by atoms with van der Waals surface area (Å²) in [7, 11) is 0. The van der Waals surface area contributed by atoms with Crippen LogP contribution in [0.5, 0.6) is 11.5 Å². The molecule has 2 aromatic carbocycles. The summed E-state index contributed by atoms with van der Waals surface area (Å²) in [5.74, 6) is 0.751. The molecule has 0 saturated carbocycles. The molecule has 0 saturated heterocycles. The van der Waals surface area contributed by atoms with Crippen LogP contribution in [0, 0.1) is 0 Å². The molecular formula is C15H10Cl2N2O3S. The Balaban J connectivity index is 1.68. The molecule has 0 unspecified atom stereocenters. The molecule has 0 aliphatic carbocycles. The first-order valence-electron chi connectivity index (χ1n) is 6.50. The smallest absolute Gasteiger partial charge is 0.257 e. The second kappa shape index (κ2) is 6.62. The summed E-state index contributed by atoms with van der Waals surface area (Å²) in [6.45, 7) is 0.146. The summed E-state index contributed by atoms with van der Waals surface area (Å²) >= 11 is 17.1. The molecule has 23 heavy (non-hydrogen) atoms. The van der Waals surface area contributed by atoms with Crippen LogP contribution in [-0.4, -0.2) is 17.8 Å². The van der Waals surface area contributed by atoms with Gasteiger partial charge < -0.3 is 14.8 Å². The van der Waals surface area contributed by atoms with Gasteiger partial charge in [0.05, 0.1) is 15.7 Å². The van der Waals surface area contributed by atoms with Gasteiger partial charge in [-0.25, -0.2) is 0 Å². The zero-order valence-electron chi connectivity index (χ0n) is 11.6. The van der Waals surface area contributed by atoms with Crippen LogP contribution < -0.4 is 20.1 Å². The van der Waals surface area contributed by atoms with Crippen molar-refractivity contribution in [1.82, 2.24) is 5.32 Å². The number of carbonyl (C=O) groups is 1. The Morgan fingerprint density at radius 2 is 1.91 bits per heavy atom. The van der Waals surface area contributed by atoms with E-state index in [4.69, 9.17) is 44.9 Å². The van der Waals surface area contributed by atoms with Crippen LogP contribution in [0.4, 0.5) is 5.69 Å². The van der Waals surface area contributed by atoms with Gasteiger partial charge in [0.2, 0.25) is 6.79 Å². The summed E-state index contributed by atoms with van der Waals surface area (Å²) in [5, 5.41) is 6.22. The zero-order valence-corrected chi connectivity index (χ0v) is 13.9. The number of amides is 1. The summed E-state index contributed by atoms with van der Waals surface area (Å²) in [4.78, 5) is 12.2. The number of benzene rings is 2. The van der Waals surface area contributed by atoms with Gasteiger partial charge in [0, 0.05) is 5.56 Å². The molecule has 0 spiro atoms. The number of hydrogen-bond donors (Lipinski definition) is 2. The molecular weight excluding hydrogens is 359 g/mol. The average molecular weight is 369 g/mol. The maximum atomic E-state index is 12.2. The number of halogens is 2. The Labute approximate surface area is 147 Å². The Kier molecular flexibility index (Phi) is 4.56. The maximum Gasteiger partial charge on any atom is 0.257 e. The Morgan fingerprint density at radius 3 is 2.74 bits per heavy atom. The molecule has 8 heteroatoms. The van der Waals surface area contributed by atoms with Crippen molar-refractivity contribution in [2.45, 2.75) is 0 Å². The Morgan fingerprint density at radius 1 is 1.13 bits per heavy atom. The highest BCUT2D eigenvalue weighted by molar-refractivity contribution is 7.80. The van der Waals surface area contributed by atoms with Crippen molar-refractivity contribution in [2.75, 3.05) is 12.1 Å². The van der Waals surface area contributed by atoms with Gasteiger partial charge in [0.15, 0.2) is 16.6 Å². The quantitative estimate of drug-likeness (QED) is 0.788. The highest BCUT2D eigenvalue weighted by atomic mass is 35.5. The van der Waals surface area contributed by atoms with Crippen LogP contribution in [0.3, 0.4) is 0 Å². The normalized spacial score (nSPS) is 11.9. The number of anilines is 1. The molecule has 0 atom stereocenters. The summed E-state index contributed by atoms with van der Waals surface area (Å²) in [5.41, 5.74) is 0.908. The van der Waals surface area contributed by atoms with E-state index in [9.17, 15) is 4.79 Å². The number of rotatable bonds is 2. The molecule has 0 aromatic heterocycles. The van der Waals surface area contributed by atoms with E-state index in [0.29, 0.717) is 32.8 Å². The van der Waals surface area contributed by atoms with Crippen LogP contribution in [-0.2, 0) is 0 Å². The van der Waals surface area contributed by atoms with E-state index in [1.165, 1.54) is 0 Å². The third-order valence-electron chi connectivity index (χ3n) is 3.06. The maximum absolute atomic E-state index is 12.2. The molecule has 1 aliphatic heterocycles. The van der Waals surface area contributed by atoms with Crippen molar-refractivity contribution in [3.63, 3.8) is 0 Å². The highest BCUT2D eigenvalue weighted by Gasteiger charge is 2.17. The second-order valence-electron chi connectivity index (χ2n) is 4.58. The minimum Gasteiger partial charge on any atom is -0.454 e. The molecule has 3 rings (SSSR count). The van der Waals surface area contributed by atoms with Crippen LogP contribution in [0.2, 0.25) is 10.0 Å². The molecule has 2 N–H and O–H groups in total. The van der Waals surface area contributed by atoms with Gasteiger partial charge in [-0.05, 0) is 42.5 Å². The lowest BCUT2D eigenvalue weighted by Gasteiger charge is -2.11. The van der Waals surface area contributed by atoms with E-state index in [0.717, 1.165) is 0 Å². The lowest BCUT2D eigenvalue weighted by Crippen LogP contribution is -2.34. The third-order valence-corrected chi connectivity index (χ3v) is 4.08. The van der Waals surface area contributed by atoms with Gasteiger partial charge >= 0.3 is 0 Å². The monoisotopic (exact) mass is 368 g/mol. The third kappa shape index (κ3) is 3.50. The summed E-state index contributed by atoms with van der Waals surface area (Å²) in [6, 6.07) is 9.96. The standard InChI is InChI=1S/C15H10Cl2N2O3S/c16-9-2-1-3-10(13(9)17)18-15(23)19-14(20)8-4-5-11-12(6-8)22-7-21-11/h1-6H,7H2,(H2,18,19,20,23). The summed E-state index contributed by atoms with van der Waals surface area (Å²) < 4.78 is 10.4. The first kappa shape index (κ1) is 15.9. The molecule has 1 aliphatic rings. The van der Waals surface area contributed by atoms with Gasteiger partial charge in [0.25, 0.3) is 5.91 Å². The first-order valence-corrected chi connectivity index (χ1v) is 7.67. The molecule has 0 fully saturated rings. The minimum atomic E-state index is -0.376. The average Bonchev–Trinajstić information content (AvgIpc) is 2.99. The molecule has 1 heterocycles. The van der Waals surface area contributed by atoms with Crippen LogP contribution in [0.1, 0.15) is 10.4 Å². The van der Waals surface area contributed by atoms with E-state index in [-0.39, 0.29) is 17.8 Å². The van der Waals surface area contributed by atoms with Crippen molar-refractivity contribution >= 4 is 52.1 Å². The molecule has 118 valence electrons. The minimum absolute atomic E-state index is 0.108. The van der Waals surface area contributed by atoms with Gasteiger partial charge in [-0.2, -0.15) is 0 Å². The van der Waals surface area contributed by atoms with Gasteiger partial charge in [-0.15, -0.1) is 0 Å². The van der Waals surface area contributed by atoms with Crippen LogP contribution in [0.25, 0.3) is 0 Å². The molecule has 0 radical (unpaired) electrons. The number of thiocarbonyl (C=S) groups is 1. The Bertz CT molecular complexity index is 798. The number of nitrogens with one attached hydrogen (secondary N) is 2. The molecule has 0 bridgehead atoms. The molecule has 5 nitrogen and oxygen atoms in total. The van der Waals surface area contributed by atoms with Gasteiger partial charge in [0.1, 0.15) is 0 Å². The van der Waals surface area contributed by atoms with Gasteiger partial charge in [-0.1, -0.05) is 29.3 Å². The van der Waals surface area contributed by atoms with Gasteiger partial charge in [-0.3, -0.25) is 10.1 Å². The Hall–Kier alpha value is -2.02. The van der Waals surface area contributed by atoms with E-state index in [1.807, 2.05) is 0 Å². The first-order chi connectivity index (χ1) is 11.0. The van der Waals surface area contributed by atoms with Crippen molar-refractivity contribution in [2.24, 2.45) is 0 Å². The zero-order chi connectivity index (χ0) is 16.4. The van der Waals surface area contributed by atoms with E-state index < -0.39 is 0 Å². The summed E-state index contributed by atoms with van der Waals surface area (Å²) in [6.07, 6.45) is 0. The number of carbonyl (C=O) groups excluding carboxylic acids is 1. The second-order valence-corrected chi connectivity index (χ2v) is 5.77. The molecule has 1 amide bonds.